The molecule has 0 aromatic heterocycles. The smallest absolute Gasteiger partial charge is 0.329 e. The van der Waals surface area contributed by atoms with Crippen LogP contribution in [0, 0.1) is 5.92 Å². The predicted octanol–water partition coefficient (Wildman–Crippen LogP) is 1.20. The van der Waals surface area contributed by atoms with Gasteiger partial charge in [0.1, 0.15) is 0 Å². The monoisotopic (exact) mass is 253 g/mol. The molecular formula is C11H22F3N3. The molecule has 3 N–H and O–H groups in total. The number of likely N-dealkylation sites (tertiary alicyclic amines) is 1. The van der Waals surface area contributed by atoms with Crippen LogP contribution in [0.2, 0.25) is 0 Å². The number of nitrogens with one attached hydrogen (secondary N) is 1. The predicted molar refractivity (Wildman–Crippen MR) is 61.7 cm³/mol. The number of alkyl halides is 3. The largest absolute Gasteiger partial charge is 0.389 e. The molecule has 1 fully saturated rings. The van der Waals surface area contributed by atoms with E-state index >= 15 is 0 Å². The van der Waals surface area contributed by atoms with Crippen LogP contribution in [-0.4, -0.2) is 49.8 Å². The number of nitrogens with zero attached hydrogens (tertiary/aromatic N) is 1. The van der Waals surface area contributed by atoms with Crippen molar-refractivity contribution in [1.82, 2.24) is 10.2 Å². The highest BCUT2D eigenvalue weighted by Crippen LogP contribution is 2.30. The third-order valence-electron chi connectivity index (χ3n) is 3.07. The van der Waals surface area contributed by atoms with E-state index in [2.05, 4.69) is 5.32 Å². The van der Waals surface area contributed by atoms with E-state index in [0.717, 1.165) is 13.1 Å². The third-order valence-corrected chi connectivity index (χ3v) is 3.07. The first-order valence-corrected chi connectivity index (χ1v) is 6.17. The first-order valence-electron chi connectivity index (χ1n) is 6.17. The number of piperidine rings is 1. The van der Waals surface area contributed by atoms with Gasteiger partial charge in [-0.3, -0.25) is 0 Å². The van der Waals surface area contributed by atoms with Crippen LogP contribution in [0.5, 0.6) is 0 Å². The first-order chi connectivity index (χ1) is 7.94. The van der Waals surface area contributed by atoms with Crippen LogP contribution < -0.4 is 11.1 Å². The zero-order chi connectivity index (χ0) is 12.9. The highest BCUT2D eigenvalue weighted by atomic mass is 19.4. The SMILES string of the molecule is CCNC1CC(CC(F)(F)F)CN(CCN)C1. The van der Waals surface area contributed by atoms with Crippen molar-refractivity contribution in [2.45, 2.75) is 32.0 Å². The quantitative estimate of drug-likeness (QED) is 0.773. The molecule has 0 bridgehead atoms. The Hall–Kier alpha value is -0.330. The molecule has 0 aromatic carbocycles. The van der Waals surface area contributed by atoms with Gasteiger partial charge < -0.3 is 16.0 Å². The Balaban J connectivity index is 2.52. The molecule has 0 aliphatic carbocycles. The lowest BCUT2D eigenvalue weighted by Crippen LogP contribution is -2.51. The minimum atomic E-state index is -4.06. The summed E-state index contributed by atoms with van der Waals surface area (Å²) in [6.07, 6.45) is -4.14. The fourth-order valence-corrected chi connectivity index (χ4v) is 2.58. The van der Waals surface area contributed by atoms with Gasteiger partial charge >= 0.3 is 6.18 Å². The summed E-state index contributed by atoms with van der Waals surface area (Å²) in [5.41, 5.74) is 5.47. The molecule has 1 rings (SSSR count). The normalized spacial score (nSPS) is 27.4. The zero-order valence-corrected chi connectivity index (χ0v) is 10.3. The highest BCUT2D eigenvalue weighted by molar-refractivity contribution is 4.84. The Morgan fingerprint density at radius 3 is 2.59 bits per heavy atom. The summed E-state index contributed by atoms with van der Waals surface area (Å²) in [4.78, 5) is 2.03. The number of likely N-dealkylation sites (N-methyl/N-ethyl adjacent to an activating group) is 1. The van der Waals surface area contributed by atoms with E-state index in [1.165, 1.54) is 0 Å². The molecule has 17 heavy (non-hydrogen) atoms. The van der Waals surface area contributed by atoms with Gasteiger partial charge in [0.2, 0.25) is 0 Å². The number of hydrogen-bond acceptors (Lipinski definition) is 3. The summed E-state index contributed by atoms with van der Waals surface area (Å²) in [6.45, 7) is 5.26. The Morgan fingerprint density at radius 2 is 2.06 bits per heavy atom. The first kappa shape index (κ1) is 14.7. The van der Waals surface area contributed by atoms with E-state index in [9.17, 15) is 13.2 Å². The second kappa shape index (κ2) is 6.56. The summed E-state index contributed by atoms with van der Waals surface area (Å²) in [5, 5.41) is 3.24. The van der Waals surface area contributed by atoms with Gasteiger partial charge in [-0.1, -0.05) is 6.92 Å². The Kier molecular flexibility index (Phi) is 5.69. The summed E-state index contributed by atoms with van der Waals surface area (Å²) in [6, 6.07) is 0.160. The maximum atomic E-state index is 12.4. The summed E-state index contributed by atoms with van der Waals surface area (Å²) in [7, 11) is 0. The van der Waals surface area contributed by atoms with E-state index in [0.29, 0.717) is 26.1 Å². The summed E-state index contributed by atoms with van der Waals surface area (Å²) < 4.78 is 37.2. The summed E-state index contributed by atoms with van der Waals surface area (Å²) >= 11 is 0. The molecule has 0 spiro atoms. The zero-order valence-electron chi connectivity index (χ0n) is 10.3. The van der Waals surface area contributed by atoms with Gasteiger partial charge in [-0.05, 0) is 18.9 Å². The minimum Gasteiger partial charge on any atom is -0.329 e. The molecule has 2 unspecified atom stereocenters. The fourth-order valence-electron chi connectivity index (χ4n) is 2.58. The van der Waals surface area contributed by atoms with Crippen molar-refractivity contribution in [3.63, 3.8) is 0 Å². The fraction of sp³-hybridized carbons (Fsp3) is 1.00. The average Bonchev–Trinajstić information content (AvgIpc) is 2.15. The van der Waals surface area contributed by atoms with E-state index in [4.69, 9.17) is 5.73 Å². The number of nitrogens with two attached hydrogens (primary N) is 1. The molecule has 1 aliphatic rings. The molecular weight excluding hydrogens is 231 g/mol. The maximum Gasteiger partial charge on any atom is 0.389 e. The molecule has 0 amide bonds. The van der Waals surface area contributed by atoms with Gasteiger partial charge in [0.05, 0.1) is 0 Å². The van der Waals surface area contributed by atoms with Crippen LogP contribution in [0.4, 0.5) is 13.2 Å². The van der Waals surface area contributed by atoms with Crippen molar-refractivity contribution < 1.29 is 13.2 Å². The Morgan fingerprint density at radius 1 is 1.35 bits per heavy atom. The van der Waals surface area contributed by atoms with Gasteiger partial charge in [-0.2, -0.15) is 13.2 Å². The van der Waals surface area contributed by atoms with E-state index in [-0.39, 0.29) is 12.0 Å². The number of rotatable bonds is 5. The number of hydrogen-bond donors (Lipinski definition) is 2. The van der Waals surface area contributed by atoms with E-state index < -0.39 is 12.6 Å². The molecule has 102 valence electrons. The third kappa shape index (κ3) is 5.70. The van der Waals surface area contributed by atoms with Crippen LogP contribution in [0.15, 0.2) is 0 Å². The Bertz CT molecular complexity index is 206. The lowest BCUT2D eigenvalue weighted by atomic mass is 9.91. The van der Waals surface area contributed by atoms with Crippen LogP contribution >= 0.6 is 0 Å². The second-order valence-electron chi connectivity index (χ2n) is 4.72. The standard InChI is InChI=1S/C11H22F3N3/c1-2-16-10-5-9(6-11(12,13)14)7-17(8-10)4-3-15/h9-10,16H,2-8,15H2,1H3. The molecule has 1 saturated heterocycles. The highest BCUT2D eigenvalue weighted by Gasteiger charge is 2.36. The van der Waals surface area contributed by atoms with Crippen molar-refractivity contribution in [2.75, 3.05) is 32.7 Å². The molecule has 3 nitrogen and oxygen atoms in total. The van der Waals surface area contributed by atoms with Crippen LogP contribution in [-0.2, 0) is 0 Å². The number of halogens is 3. The van der Waals surface area contributed by atoms with Gasteiger partial charge in [0.15, 0.2) is 0 Å². The lowest BCUT2D eigenvalue weighted by Gasteiger charge is -2.38. The average molecular weight is 253 g/mol. The van der Waals surface area contributed by atoms with Gasteiger partial charge in [-0.15, -0.1) is 0 Å². The summed E-state index contributed by atoms with van der Waals surface area (Å²) in [5.74, 6) is -0.306. The van der Waals surface area contributed by atoms with Crippen LogP contribution in [0.25, 0.3) is 0 Å². The van der Waals surface area contributed by atoms with Gasteiger partial charge in [-0.25, -0.2) is 0 Å². The van der Waals surface area contributed by atoms with Crippen LogP contribution in [0.3, 0.4) is 0 Å². The topological polar surface area (TPSA) is 41.3 Å². The molecule has 0 saturated carbocycles. The van der Waals surface area contributed by atoms with Crippen molar-refractivity contribution in [3.8, 4) is 0 Å². The second-order valence-corrected chi connectivity index (χ2v) is 4.72. The molecule has 1 aliphatic heterocycles. The van der Waals surface area contributed by atoms with Crippen molar-refractivity contribution >= 4 is 0 Å². The molecule has 1 heterocycles. The molecule has 0 radical (unpaired) electrons. The minimum absolute atomic E-state index is 0.160. The molecule has 0 aromatic rings. The molecule has 2 atom stereocenters. The van der Waals surface area contributed by atoms with E-state index in [1.807, 2.05) is 11.8 Å². The Labute approximate surface area is 101 Å². The lowest BCUT2D eigenvalue weighted by molar-refractivity contribution is -0.148. The van der Waals surface area contributed by atoms with Gasteiger partial charge in [0, 0.05) is 38.6 Å². The van der Waals surface area contributed by atoms with Crippen molar-refractivity contribution in [1.29, 1.82) is 0 Å². The van der Waals surface area contributed by atoms with Crippen molar-refractivity contribution in [3.05, 3.63) is 0 Å². The van der Waals surface area contributed by atoms with Crippen molar-refractivity contribution in [2.24, 2.45) is 11.7 Å². The van der Waals surface area contributed by atoms with Gasteiger partial charge in [0.25, 0.3) is 0 Å². The maximum absolute atomic E-state index is 12.4. The van der Waals surface area contributed by atoms with E-state index in [1.54, 1.807) is 0 Å². The van der Waals surface area contributed by atoms with Crippen LogP contribution in [0.1, 0.15) is 19.8 Å². The molecule has 6 heteroatoms.